The molecular weight excluding hydrogens is 310 g/mol. The molecule has 0 spiro atoms. The van der Waals surface area contributed by atoms with Crippen molar-refractivity contribution in [2.24, 2.45) is 0 Å². The van der Waals surface area contributed by atoms with Crippen LogP contribution in [0.1, 0.15) is 20.3 Å². The van der Waals surface area contributed by atoms with Crippen molar-refractivity contribution in [1.29, 1.82) is 0 Å². The lowest BCUT2D eigenvalue weighted by Crippen LogP contribution is -2.44. The fourth-order valence-electron chi connectivity index (χ4n) is 1.99. The lowest BCUT2D eigenvalue weighted by atomic mass is 10.3. The molecule has 22 heavy (non-hydrogen) atoms. The molecule has 1 amide bonds. The Balaban J connectivity index is 0.000000626. The van der Waals surface area contributed by atoms with Gasteiger partial charge in [0.15, 0.2) is 6.17 Å². The minimum Gasteiger partial charge on any atom is -0.726 e. The molecule has 126 valence electrons. The summed E-state index contributed by atoms with van der Waals surface area (Å²) in [7, 11) is -3.60. The van der Waals surface area contributed by atoms with E-state index in [1.165, 1.54) is 6.08 Å². The van der Waals surface area contributed by atoms with Gasteiger partial charge in [-0.2, -0.15) is 0 Å². The molecule has 0 radical (unpaired) electrons. The van der Waals surface area contributed by atoms with Gasteiger partial charge in [-0.05, 0) is 19.9 Å². The molecule has 2 atom stereocenters. The van der Waals surface area contributed by atoms with Gasteiger partial charge in [0, 0.05) is 0 Å². The molecule has 8 nitrogen and oxygen atoms in total. The minimum atomic E-state index is -4.41. The van der Waals surface area contributed by atoms with Crippen molar-refractivity contribution in [1.82, 2.24) is 10.6 Å². The first-order valence-electron chi connectivity index (χ1n) is 6.59. The van der Waals surface area contributed by atoms with E-state index in [9.17, 15) is 17.8 Å². The third-order valence-corrected chi connectivity index (χ3v) is 3.29. The molecule has 0 aromatic heterocycles. The molecule has 1 heterocycles. The van der Waals surface area contributed by atoms with Crippen molar-refractivity contribution >= 4 is 22.1 Å². The van der Waals surface area contributed by atoms with E-state index in [1.54, 1.807) is 0 Å². The van der Waals surface area contributed by atoms with Gasteiger partial charge in [0.2, 0.25) is 16.3 Å². The normalized spacial score (nSPS) is 18.6. The van der Waals surface area contributed by atoms with Crippen LogP contribution in [-0.4, -0.2) is 55.2 Å². The second-order valence-corrected chi connectivity index (χ2v) is 5.69. The fraction of sp³-hybridized carbons (Fsp3) is 0.538. The molecule has 9 heteroatoms. The topological polar surface area (TPSA) is 111 Å². The Kier molecular flexibility index (Phi) is 8.61. The van der Waals surface area contributed by atoms with Crippen LogP contribution in [0, 0.1) is 0 Å². The van der Waals surface area contributed by atoms with E-state index in [0.717, 1.165) is 25.9 Å². The maximum atomic E-state index is 11.2. The number of hydrogen-bond acceptors (Lipinski definition) is 6. The smallest absolute Gasteiger partial charge is 0.250 e. The second kappa shape index (κ2) is 9.34. The molecule has 0 bridgehead atoms. The van der Waals surface area contributed by atoms with Crippen molar-refractivity contribution in [2.75, 3.05) is 13.7 Å². The monoisotopic (exact) mass is 333 g/mol. The Labute approximate surface area is 131 Å². The van der Waals surface area contributed by atoms with Gasteiger partial charge < -0.3 is 9.87 Å². The van der Waals surface area contributed by atoms with Crippen LogP contribution in [0.15, 0.2) is 25.3 Å². The summed E-state index contributed by atoms with van der Waals surface area (Å²) in [5, 5.41) is 6.19. The number of carbonyl (C=O) groups is 1. The van der Waals surface area contributed by atoms with Gasteiger partial charge in [-0.3, -0.25) is 14.3 Å². The summed E-state index contributed by atoms with van der Waals surface area (Å²) in [5.41, 5.74) is 0. The molecule has 1 aliphatic rings. The zero-order valence-electron chi connectivity index (χ0n) is 13.0. The van der Waals surface area contributed by atoms with Crippen molar-refractivity contribution < 1.29 is 26.5 Å². The first kappa shape index (κ1) is 20.3. The molecule has 2 N–H and O–H groups in total. The van der Waals surface area contributed by atoms with E-state index in [1.807, 2.05) is 13.0 Å². The molecule has 0 fully saturated rings. The third kappa shape index (κ3) is 7.34. The summed E-state index contributed by atoms with van der Waals surface area (Å²) in [6, 6.07) is 0.370. The van der Waals surface area contributed by atoms with Crippen molar-refractivity contribution in [3.63, 3.8) is 0 Å². The number of rotatable bonds is 6. The Morgan fingerprint density at radius 1 is 1.64 bits per heavy atom. The Morgan fingerprint density at radius 3 is 2.59 bits per heavy atom. The predicted molar refractivity (Wildman–Crippen MR) is 82.1 cm³/mol. The van der Waals surface area contributed by atoms with Crippen LogP contribution in [0.5, 0.6) is 0 Å². The van der Waals surface area contributed by atoms with Gasteiger partial charge in [-0.15, -0.1) is 6.58 Å². The average molecular weight is 333 g/mol. The molecule has 0 aliphatic carbocycles. The van der Waals surface area contributed by atoms with E-state index < -0.39 is 10.4 Å². The van der Waals surface area contributed by atoms with Crippen LogP contribution in [0.25, 0.3) is 0 Å². The number of hydrogen-bond donors (Lipinski definition) is 2. The minimum absolute atomic E-state index is 0.0366. The van der Waals surface area contributed by atoms with Crippen molar-refractivity contribution in [3.05, 3.63) is 25.3 Å². The summed E-state index contributed by atoms with van der Waals surface area (Å²) in [6.07, 6.45) is 3.90. The Bertz CT molecular complexity index is 542. The second-order valence-electron chi connectivity index (χ2n) is 4.54. The standard InChI is InChI=1S/C12H19N3O.CH4O4S/c1-5-7-11-13-8-9(3)15(11)10(4)14-12(16)6-2;1-5-6(2,3)4/h5-6,9-10H,1-2,7-8H2,3-4H3,(H,14,16);1H3,(H,2,3,4). The van der Waals surface area contributed by atoms with Gasteiger partial charge in [0.25, 0.3) is 5.84 Å². The third-order valence-electron chi connectivity index (χ3n) is 2.88. The molecule has 0 aromatic carbocycles. The van der Waals surface area contributed by atoms with E-state index in [2.05, 4.69) is 39.5 Å². The number of nitrogens with zero attached hydrogens (tertiary/aromatic N) is 1. The number of amidine groups is 1. The molecule has 1 rings (SSSR count). The van der Waals surface area contributed by atoms with E-state index in [4.69, 9.17) is 0 Å². The number of amides is 1. The molecular formula is C13H23N3O5S. The maximum Gasteiger partial charge on any atom is 0.250 e. The van der Waals surface area contributed by atoms with Gasteiger partial charge in [-0.25, -0.2) is 13.0 Å². The highest BCUT2D eigenvalue weighted by Crippen LogP contribution is 2.05. The van der Waals surface area contributed by atoms with Gasteiger partial charge in [0.1, 0.15) is 12.6 Å². The zero-order chi connectivity index (χ0) is 17.3. The SMILES string of the molecule is C=CCC1=[N+](C(C)NC(=O)C=C)C(C)CN1.COS(=O)(=O)[O-]. The van der Waals surface area contributed by atoms with Crippen LogP contribution in [0.4, 0.5) is 0 Å². The summed E-state index contributed by atoms with van der Waals surface area (Å²) in [5.74, 6) is 0.962. The Hall–Kier alpha value is -1.71. The number of carbonyl (C=O) groups excluding carboxylic acids is 1. The van der Waals surface area contributed by atoms with Gasteiger partial charge in [0.05, 0.1) is 13.5 Å². The lowest BCUT2D eigenvalue weighted by molar-refractivity contribution is -0.589. The molecule has 1 aliphatic heterocycles. The van der Waals surface area contributed by atoms with Crippen LogP contribution in [0.3, 0.4) is 0 Å². The van der Waals surface area contributed by atoms with Crippen LogP contribution < -0.4 is 10.6 Å². The largest absolute Gasteiger partial charge is 0.726 e. The molecule has 0 saturated carbocycles. The average Bonchev–Trinajstić information content (AvgIpc) is 2.80. The van der Waals surface area contributed by atoms with E-state index in [-0.39, 0.29) is 12.1 Å². The summed E-state index contributed by atoms with van der Waals surface area (Å²) in [4.78, 5) is 11.2. The molecule has 0 saturated heterocycles. The van der Waals surface area contributed by atoms with Crippen LogP contribution in [-0.2, 0) is 19.4 Å². The van der Waals surface area contributed by atoms with E-state index in [0.29, 0.717) is 6.04 Å². The zero-order valence-corrected chi connectivity index (χ0v) is 13.9. The Morgan fingerprint density at radius 2 is 2.18 bits per heavy atom. The van der Waals surface area contributed by atoms with Gasteiger partial charge >= 0.3 is 0 Å². The highest BCUT2D eigenvalue weighted by molar-refractivity contribution is 7.80. The molecule has 0 aromatic rings. The summed E-state index contributed by atoms with van der Waals surface area (Å²) in [6.45, 7) is 12.2. The molecule has 2 unspecified atom stereocenters. The highest BCUT2D eigenvalue weighted by Gasteiger charge is 2.30. The fourth-order valence-corrected chi connectivity index (χ4v) is 1.99. The van der Waals surface area contributed by atoms with Crippen molar-refractivity contribution in [2.45, 2.75) is 32.5 Å². The number of nitrogens with one attached hydrogen (secondary N) is 2. The van der Waals surface area contributed by atoms with E-state index >= 15 is 0 Å². The quantitative estimate of drug-likeness (QED) is 0.227. The lowest BCUT2D eigenvalue weighted by Gasteiger charge is -2.17. The first-order valence-corrected chi connectivity index (χ1v) is 7.92. The van der Waals surface area contributed by atoms with Crippen molar-refractivity contribution in [3.8, 4) is 0 Å². The van der Waals surface area contributed by atoms with Crippen LogP contribution in [0.2, 0.25) is 0 Å². The summed E-state index contributed by atoms with van der Waals surface area (Å²) >= 11 is 0. The first-order chi connectivity index (χ1) is 10.2. The summed E-state index contributed by atoms with van der Waals surface area (Å²) < 4.78 is 33.2. The highest BCUT2D eigenvalue weighted by atomic mass is 32.3. The van der Waals surface area contributed by atoms with Crippen LogP contribution >= 0.6 is 0 Å². The predicted octanol–water partition coefficient (Wildman–Crippen LogP) is -0.294. The maximum absolute atomic E-state index is 11.2. The van der Waals surface area contributed by atoms with Gasteiger partial charge in [-0.1, -0.05) is 12.7 Å².